The fourth-order valence-corrected chi connectivity index (χ4v) is 3.17. The topological polar surface area (TPSA) is 66.4 Å². The van der Waals surface area contributed by atoms with Gasteiger partial charge in [-0.1, -0.05) is 53.6 Å². The zero-order valence-corrected chi connectivity index (χ0v) is 14.9. The number of benzene rings is 1. The van der Waals surface area contributed by atoms with Crippen molar-refractivity contribution in [2.75, 3.05) is 5.75 Å². The summed E-state index contributed by atoms with van der Waals surface area (Å²) in [5, 5.41) is 9.95. The Bertz CT molecular complexity index is 629. The Kier molecular flexibility index (Phi) is 8.23. The third kappa shape index (κ3) is 9.33. The van der Waals surface area contributed by atoms with Gasteiger partial charge in [0.15, 0.2) is 0 Å². The van der Waals surface area contributed by atoms with Gasteiger partial charge in [-0.05, 0) is 39.2 Å². The average molecular weight is 337 g/mol. The third-order valence-electron chi connectivity index (χ3n) is 3.30. The second-order valence-electron chi connectivity index (χ2n) is 5.99. The number of allylic oxidation sites excluding steroid dienone is 3. The van der Waals surface area contributed by atoms with Crippen LogP contribution in [-0.4, -0.2) is 25.4 Å². The molecular weight excluding hydrogens is 310 g/mol. The molecule has 0 aliphatic carbocycles. The van der Waals surface area contributed by atoms with Crippen molar-refractivity contribution < 1.29 is 13.5 Å². The number of aliphatic hydroxyl groups is 1. The van der Waals surface area contributed by atoms with E-state index in [4.69, 9.17) is 0 Å². The predicted octanol–water partition coefficient (Wildman–Crippen LogP) is 3.16. The molecule has 1 unspecified atom stereocenters. The first-order valence-electron chi connectivity index (χ1n) is 7.78. The van der Waals surface area contributed by atoms with Gasteiger partial charge in [0.1, 0.15) is 0 Å². The second kappa shape index (κ2) is 9.65. The molecule has 0 aliphatic rings. The summed E-state index contributed by atoms with van der Waals surface area (Å²) in [5.41, 5.74) is 3.14. The SMILES string of the molecule is CC(C)=CCC/C(C)=C/C(O)CS(=O)(=O)NCc1ccccc1. The van der Waals surface area contributed by atoms with Gasteiger partial charge in [-0.25, -0.2) is 13.1 Å². The van der Waals surface area contributed by atoms with Crippen LogP contribution >= 0.6 is 0 Å². The quantitative estimate of drug-likeness (QED) is 0.680. The maximum absolute atomic E-state index is 12.0. The lowest BCUT2D eigenvalue weighted by molar-refractivity contribution is 0.244. The van der Waals surface area contributed by atoms with Crippen LogP contribution in [-0.2, 0) is 16.6 Å². The van der Waals surface area contributed by atoms with Crippen LogP contribution in [0.3, 0.4) is 0 Å². The fourth-order valence-electron chi connectivity index (χ4n) is 2.12. The molecule has 1 rings (SSSR count). The highest BCUT2D eigenvalue weighted by Gasteiger charge is 2.15. The highest BCUT2D eigenvalue weighted by Crippen LogP contribution is 2.09. The van der Waals surface area contributed by atoms with E-state index in [0.717, 1.165) is 24.0 Å². The van der Waals surface area contributed by atoms with Gasteiger partial charge in [-0.2, -0.15) is 0 Å². The van der Waals surface area contributed by atoms with Crippen LogP contribution in [0.1, 0.15) is 39.2 Å². The van der Waals surface area contributed by atoms with Crippen LogP contribution < -0.4 is 4.72 Å². The molecule has 0 amide bonds. The van der Waals surface area contributed by atoms with Gasteiger partial charge in [0.05, 0.1) is 11.9 Å². The van der Waals surface area contributed by atoms with Crippen molar-refractivity contribution in [3.63, 3.8) is 0 Å². The van der Waals surface area contributed by atoms with Gasteiger partial charge in [-0.15, -0.1) is 0 Å². The number of sulfonamides is 1. The summed E-state index contributed by atoms with van der Waals surface area (Å²) in [6, 6.07) is 9.30. The first kappa shape index (κ1) is 19.6. The molecule has 4 nitrogen and oxygen atoms in total. The van der Waals surface area contributed by atoms with Gasteiger partial charge >= 0.3 is 0 Å². The first-order valence-corrected chi connectivity index (χ1v) is 9.44. The van der Waals surface area contributed by atoms with Crippen LogP contribution in [0, 0.1) is 0 Å². The molecule has 23 heavy (non-hydrogen) atoms. The van der Waals surface area contributed by atoms with E-state index in [-0.39, 0.29) is 12.3 Å². The van der Waals surface area contributed by atoms with Crippen molar-refractivity contribution in [1.82, 2.24) is 4.72 Å². The Morgan fingerprint density at radius 3 is 2.48 bits per heavy atom. The molecule has 0 saturated heterocycles. The minimum Gasteiger partial charge on any atom is -0.388 e. The largest absolute Gasteiger partial charge is 0.388 e. The number of hydrogen-bond donors (Lipinski definition) is 2. The van der Waals surface area contributed by atoms with Gasteiger partial charge in [0.25, 0.3) is 0 Å². The molecule has 128 valence electrons. The van der Waals surface area contributed by atoms with Crippen LogP contribution in [0.2, 0.25) is 0 Å². The van der Waals surface area contributed by atoms with Crippen molar-refractivity contribution >= 4 is 10.0 Å². The van der Waals surface area contributed by atoms with Crippen molar-refractivity contribution in [3.05, 3.63) is 59.2 Å². The van der Waals surface area contributed by atoms with Crippen LogP contribution in [0.4, 0.5) is 0 Å². The van der Waals surface area contributed by atoms with E-state index in [1.807, 2.05) is 51.1 Å². The standard InChI is InChI=1S/C18H27NO3S/c1-15(2)8-7-9-16(3)12-18(20)14-23(21,22)19-13-17-10-5-4-6-11-17/h4-6,8,10-12,18-20H,7,9,13-14H2,1-3H3/b16-12+. The molecule has 1 aromatic rings. The molecule has 0 bridgehead atoms. The van der Waals surface area contributed by atoms with E-state index < -0.39 is 16.1 Å². The number of rotatable bonds is 9. The summed E-state index contributed by atoms with van der Waals surface area (Å²) >= 11 is 0. The summed E-state index contributed by atoms with van der Waals surface area (Å²) in [7, 11) is -3.52. The van der Waals surface area contributed by atoms with Crippen LogP contribution in [0.15, 0.2) is 53.6 Å². The summed E-state index contributed by atoms with van der Waals surface area (Å²) in [4.78, 5) is 0. The van der Waals surface area contributed by atoms with E-state index in [2.05, 4.69) is 10.8 Å². The van der Waals surface area contributed by atoms with E-state index in [1.54, 1.807) is 6.08 Å². The van der Waals surface area contributed by atoms with Gasteiger partial charge in [0.2, 0.25) is 10.0 Å². The molecule has 0 aliphatic heterocycles. The van der Waals surface area contributed by atoms with E-state index in [9.17, 15) is 13.5 Å². The van der Waals surface area contributed by atoms with Gasteiger partial charge < -0.3 is 5.11 Å². The molecule has 0 heterocycles. The molecule has 0 fully saturated rings. The molecule has 0 radical (unpaired) electrons. The van der Waals surface area contributed by atoms with Crippen molar-refractivity contribution in [2.24, 2.45) is 0 Å². The van der Waals surface area contributed by atoms with Crippen LogP contribution in [0.5, 0.6) is 0 Å². The number of hydrogen-bond acceptors (Lipinski definition) is 3. The van der Waals surface area contributed by atoms with Crippen LogP contribution in [0.25, 0.3) is 0 Å². The van der Waals surface area contributed by atoms with E-state index in [1.165, 1.54) is 5.57 Å². The first-order chi connectivity index (χ1) is 10.8. The van der Waals surface area contributed by atoms with E-state index >= 15 is 0 Å². The Morgan fingerprint density at radius 2 is 1.87 bits per heavy atom. The molecule has 0 saturated carbocycles. The van der Waals surface area contributed by atoms with Crippen molar-refractivity contribution in [1.29, 1.82) is 0 Å². The molecule has 0 aromatic heterocycles. The van der Waals surface area contributed by atoms with Gasteiger partial charge in [-0.3, -0.25) is 0 Å². The molecule has 0 spiro atoms. The number of aliphatic hydroxyl groups excluding tert-OH is 1. The Morgan fingerprint density at radius 1 is 1.22 bits per heavy atom. The summed E-state index contributed by atoms with van der Waals surface area (Å²) in [6.45, 7) is 6.23. The predicted molar refractivity (Wildman–Crippen MR) is 95.5 cm³/mol. The zero-order valence-electron chi connectivity index (χ0n) is 14.1. The van der Waals surface area contributed by atoms with Crippen molar-refractivity contribution in [2.45, 2.75) is 46.3 Å². The lowest BCUT2D eigenvalue weighted by Gasteiger charge is -2.10. The molecule has 1 aromatic carbocycles. The van der Waals surface area contributed by atoms with E-state index in [0.29, 0.717) is 0 Å². The Balaban J connectivity index is 2.47. The highest BCUT2D eigenvalue weighted by molar-refractivity contribution is 7.89. The number of nitrogens with one attached hydrogen (secondary N) is 1. The molecular formula is C18H27NO3S. The fraction of sp³-hybridized carbons (Fsp3) is 0.444. The maximum Gasteiger partial charge on any atom is 0.214 e. The average Bonchev–Trinajstić information content (AvgIpc) is 2.45. The third-order valence-corrected chi connectivity index (χ3v) is 4.66. The van der Waals surface area contributed by atoms with Crippen molar-refractivity contribution in [3.8, 4) is 0 Å². The second-order valence-corrected chi connectivity index (χ2v) is 7.84. The smallest absolute Gasteiger partial charge is 0.214 e. The minimum atomic E-state index is -3.52. The molecule has 5 heteroatoms. The normalized spacial score (nSPS) is 13.7. The van der Waals surface area contributed by atoms with Gasteiger partial charge in [0, 0.05) is 6.54 Å². The minimum absolute atomic E-state index is 0.235. The molecule has 1 atom stereocenters. The summed E-state index contributed by atoms with van der Waals surface area (Å²) < 4.78 is 26.5. The monoisotopic (exact) mass is 337 g/mol. The maximum atomic E-state index is 12.0. The lowest BCUT2D eigenvalue weighted by atomic mass is 10.1. The zero-order chi connectivity index (χ0) is 17.3. The lowest BCUT2D eigenvalue weighted by Crippen LogP contribution is -2.31. The highest BCUT2D eigenvalue weighted by atomic mass is 32.2. The Hall–Kier alpha value is -1.43. The summed E-state index contributed by atoms with van der Waals surface area (Å²) in [6.07, 6.45) is 4.48. The Labute approximate surface area is 140 Å². The summed E-state index contributed by atoms with van der Waals surface area (Å²) in [5.74, 6) is -0.320. The molecule has 2 N–H and O–H groups in total.